The van der Waals surface area contributed by atoms with E-state index in [1.165, 1.54) is 6.92 Å². The fourth-order valence-electron chi connectivity index (χ4n) is 0.385. The van der Waals surface area contributed by atoms with Crippen LogP contribution in [0.15, 0.2) is 0 Å². The maximum absolute atomic E-state index is 10.4. The average molecular weight is 140 g/mol. The first-order valence-electron chi connectivity index (χ1n) is 3.13. The molecule has 0 saturated carbocycles. The number of nitrogens with one attached hydrogen (secondary N) is 1. The smallest absolute Gasteiger partial charge is 0.216 e. The molecule has 0 heterocycles. The lowest BCUT2D eigenvalue weighted by atomic mass is 9.96. The minimum Gasteiger partial charge on any atom is -0.355 e. The van der Waals surface area contributed by atoms with Crippen LogP contribution < -0.4 is 5.32 Å². The molecule has 1 N–H and O–H groups in total. The van der Waals surface area contributed by atoms with Gasteiger partial charge in [-0.2, -0.15) is 5.26 Å². The van der Waals surface area contributed by atoms with E-state index in [0.29, 0.717) is 6.54 Å². The van der Waals surface area contributed by atoms with Crippen molar-refractivity contribution in [3.63, 3.8) is 0 Å². The second-order valence-corrected chi connectivity index (χ2v) is 2.91. The van der Waals surface area contributed by atoms with Crippen LogP contribution in [-0.2, 0) is 4.79 Å². The lowest BCUT2D eigenvalue weighted by Gasteiger charge is -2.14. The van der Waals surface area contributed by atoms with E-state index in [-0.39, 0.29) is 5.91 Å². The molecule has 0 aromatic carbocycles. The van der Waals surface area contributed by atoms with Crippen molar-refractivity contribution in [1.29, 1.82) is 5.26 Å². The molecule has 3 heteroatoms. The zero-order chi connectivity index (χ0) is 8.20. The third kappa shape index (κ3) is 3.90. The first-order chi connectivity index (χ1) is 4.48. The van der Waals surface area contributed by atoms with E-state index in [1.54, 1.807) is 13.8 Å². The first-order valence-corrected chi connectivity index (χ1v) is 3.13. The molecular formula is C7H12N2O. The minimum atomic E-state index is -0.453. The predicted octanol–water partition coefficient (Wildman–Crippen LogP) is 0.672. The van der Waals surface area contributed by atoms with Gasteiger partial charge in [0, 0.05) is 13.5 Å². The van der Waals surface area contributed by atoms with Crippen molar-refractivity contribution < 1.29 is 4.79 Å². The monoisotopic (exact) mass is 140 g/mol. The molecule has 56 valence electrons. The third-order valence-electron chi connectivity index (χ3n) is 1.08. The van der Waals surface area contributed by atoms with Crippen LogP contribution in [0.25, 0.3) is 0 Å². The van der Waals surface area contributed by atoms with Crippen LogP contribution in [0.2, 0.25) is 0 Å². The lowest BCUT2D eigenvalue weighted by Crippen LogP contribution is -2.31. The zero-order valence-electron chi connectivity index (χ0n) is 6.56. The fourth-order valence-corrected chi connectivity index (χ4v) is 0.385. The van der Waals surface area contributed by atoms with Crippen molar-refractivity contribution in [3.05, 3.63) is 0 Å². The van der Waals surface area contributed by atoms with Crippen LogP contribution in [0.5, 0.6) is 0 Å². The van der Waals surface area contributed by atoms with E-state index < -0.39 is 5.41 Å². The van der Waals surface area contributed by atoms with Gasteiger partial charge < -0.3 is 5.32 Å². The van der Waals surface area contributed by atoms with Gasteiger partial charge in [0.1, 0.15) is 0 Å². The molecule has 0 saturated heterocycles. The van der Waals surface area contributed by atoms with Crippen molar-refractivity contribution in [1.82, 2.24) is 5.32 Å². The summed E-state index contributed by atoms with van der Waals surface area (Å²) in [5.74, 6) is -0.0941. The van der Waals surface area contributed by atoms with E-state index in [1.807, 2.05) is 0 Å². The van der Waals surface area contributed by atoms with Gasteiger partial charge in [0.25, 0.3) is 0 Å². The standard InChI is InChI=1S/C7H12N2O/c1-6(10)9-5-7(2,3)4-8/h5H2,1-3H3,(H,9,10). The van der Waals surface area contributed by atoms with E-state index in [4.69, 9.17) is 5.26 Å². The minimum absolute atomic E-state index is 0.0941. The highest BCUT2D eigenvalue weighted by Crippen LogP contribution is 2.09. The van der Waals surface area contributed by atoms with Crippen LogP contribution in [0.3, 0.4) is 0 Å². The number of nitrogens with zero attached hydrogens (tertiary/aromatic N) is 1. The fraction of sp³-hybridized carbons (Fsp3) is 0.714. The summed E-state index contributed by atoms with van der Waals surface area (Å²) in [6.07, 6.45) is 0. The summed E-state index contributed by atoms with van der Waals surface area (Å²) in [6.45, 7) is 5.41. The normalized spacial score (nSPS) is 10.2. The number of carbonyl (C=O) groups is 1. The van der Waals surface area contributed by atoms with Gasteiger partial charge in [-0.25, -0.2) is 0 Å². The Morgan fingerprint density at radius 3 is 2.50 bits per heavy atom. The Hall–Kier alpha value is -1.04. The zero-order valence-corrected chi connectivity index (χ0v) is 6.56. The Kier molecular flexibility index (Phi) is 2.88. The number of hydrogen-bond donors (Lipinski definition) is 1. The maximum Gasteiger partial charge on any atom is 0.216 e. The van der Waals surface area contributed by atoms with Crippen LogP contribution >= 0.6 is 0 Å². The Bertz CT molecular complexity index is 167. The van der Waals surface area contributed by atoms with Gasteiger partial charge in [0.2, 0.25) is 5.91 Å². The van der Waals surface area contributed by atoms with Gasteiger partial charge in [0.05, 0.1) is 11.5 Å². The molecule has 0 radical (unpaired) electrons. The molecular weight excluding hydrogens is 128 g/mol. The summed E-state index contributed by atoms with van der Waals surface area (Å²) in [5, 5.41) is 11.1. The average Bonchev–Trinajstić information content (AvgIpc) is 1.85. The highest BCUT2D eigenvalue weighted by molar-refractivity contribution is 5.72. The summed E-state index contributed by atoms with van der Waals surface area (Å²) in [5.41, 5.74) is -0.453. The van der Waals surface area contributed by atoms with Gasteiger partial charge in [-0.15, -0.1) is 0 Å². The highest BCUT2D eigenvalue weighted by Gasteiger charge is 2.15. The van der Waals surface area contributed by atoms with Gasteiger partial charge in [0.15, 0.2) is 0 Å². The van der Waals surface area contributed by atoms with Gasteiger partial charge in [-0.3, -0.25) is 4.79 Å². The number of nitriles is 1. The Morgan fingerprint density at radius 2 is 2.20 bits per heavy atom. The second kappa shape index (κ2) is 3.21. The molecule has 0 bridgehead atoms. The van der Waals surface area contributed by atoms with E-state index in [2.05, 4.69) is 11.4 Å². The van der Waals surface area contributed by atoms with Gasteiger partial charge in [-0.1, -0.05) is 0 Å². The first kappa shape index (κ1) is 8.96. The summed E-state index contributed by atoms with van der Waals surface area (Å²) < 4.78 is 0. The molecule has 0 spiro atoms. The van der Waals surface area contributed by atoms with Crippen molar-refractivity contribution in [2.75, 3.05) is 6.54 Å². The maximum atomic E-state index is 10.4. The summed E-state index contributed by atoms with van der Waals surface area (Å²) in [4.78, 5) is 10.4. The topological polar surface area (TPSA) is 52.9 Å². The largest absolute Gasteiger partial charge is 0.355 e. The molecule has 0 rings (SSSR count). The van der Waals surface area contributed by atoms with Crippen LogP contribution in [-0.4, -0.2) is 12.5 Å². The van der Waals surface area contributed by atoms with Crippen LogP contribution in [0, 0.1) is 16.7 Å². The molecule has 0 fully saturated rings. The van der Waals surface area contributed by atoms with E-state index >= 15 is 0 Å². The van der Waals surface area contributed by atoms with E-state index in [0.717, 1.165) is 0 Å². The Labute approximate surface area is 61.0 Å². The SMILES string of the molecule is CC(=O)NCC(C)(C)C#N. The van der Waals surface area contributed by atoms with E-state index in [9.17, 15) is 4.79 Å². The molecule has 0 aliphatic heterocycles. The number of hydrogen-bond acceptors (Lipinski definition) is 2. The summed E-state index contributed by atoms with van der Waals surface area (Å²) in [7, 11) is 0. The van der Waals surface area contributed by atoms with Crippen molar-refractivity contribution in [3.8, 4) is 6.07 Å². The van der Waals surface area contributed by atoms with Crippen LogP contribution in [0.1, 0.15) is 20.8 Å². The quantitative estimate of drug-likeness (QED) is 0.613. The molecule has 10 heavy (non-hydrogen) atoms. The Morgan fingerprint density at radius 1 is 1.70 bits per heavy atom. The summed E-state index contributed by atoms with van der Waals surface area (Å²) in [6, 6.07) is 2.08. The van der Waals surface area contributed by atoms with Crippen LogP contribution in [0.4, 0.5) is 0 Å². The molecule has 0 aliphatic carbocycles. The van der Waals surface area contributed by atoms with Crippen molar-refractivity contribution in [2.45, 2.75) is 20.8 Å². The lowest BCUT2D eigenvalue weighted by molar-refractivity contribution is -0.119. The molecule has 1 amide bonds. The molecule has 0 atom stereocenters. The van der Waals surface area contributed by atoms with Crippen molar-refractivity contribution in [2.24, 2.45) is 5.41 Å². The molecule has 3 nitrogen and oxygen atoms in total. The number of amides is 1. The molecule has 0 aliphatic rings. The molecule has 0 aromatic heterocycles. The predicted molar refractivity (Wildman–Crippen MR) is 38.1 cm³/mol. The molecule has 0 aromatic rings. The highest BCUT2D eigenvalue weighted by atomic mass is 16.1. The molecule has 0 unspecified atom stereocenters. The number of rotatable bonds is 2. The second-order valence-electron chi connectivity index (χ2n) is 2.91. The Balaban J connectivity index is 3.71. The summed E-state index contributed by atoms with van der Waals surface area (Å²) >= 11 is 0. The van der Waals surface area contributed by atoms with Gasteiger partial charge >= 0.3 is 0 Å². The number of carbonyl (C=O) groups excluding carboxylic acids is 1. The van der Waals surface area contributed by atoms with Crippen molar-refractivity contribution >= 4 is 5.91 Å². The van der Waals surface area contributed by atoms with Gasteiger partial charge in [-0.05, 0) is 13.8 Å². The third-order valence-corrected chi connectivity index (χ3v) is 1.08.